The Bertz CT molecular complexity index is 592. The van der Waals surface area contributed by atoms with Gasteiger partial charge in [0.15, 0.2) is 23.3 Å². The molecule has 0 heterocycles. The van der Waals surface area contributed by atoms with Crippen molar-refractivity contribution in [3.05, 3.63) is 29.1 Å². The lowest BCUT2D eigenvalue weighted by molar-refractivity contribution is 0.176. The molecule has 0 aliphatic rings. The van der Waals surface area contributed by atoms with E-state index in [1.807, 2.05) is 6.92 Å². The Balaban J connectivity index is 2.67. The van der Waals surface area contributed by atoms with Crippen LogP contribution in [0.3, 0.4) is 0 Å². The summed E-state index contributed by atoms with van der Waals surface area (Å²) in [6.45, 7) is 7.03. The molecule has 0 saturated heterocycles. The molecule has 28 heavy (non-hydrogen) atoms. The fraction of sp³-hybridized carbons (Fsp3) is 0.714. The van der Waals surface area contributed by atoms with Crippen LogP contribution in [-0.2, 0) is 4.43 Å². The molecule has 1 rings (SSSR count). The first-order valence-electron chi connectivity index (χ1n) is 10.4. The fourth-order valence-electron chi connectivity index (χ4n) is 3.46. The van der Waals surface area contributed by atoms with Crippen LogP contribution in [0, 0.1) is 29.1 Å². The van der Waals surface area contributed by atoms with Crippen molar-refractivity contribution in [2.45, 2.75) is 97.3 Å². The van der Waals surface area contributed by atoms with Gasteiger partial charge in [0.2, 0.25) is 14.1 Å². The van der Waals surface area contributed by atoms with Gasteiger partial charge in [-0.1, -0.05) is 65.2 Å². The summed E-state index contributed by atoms with van der Waals surface area (Å²) >= 11 is 0. The highest BCUT2D eigenvalue weighted by Crippen LogP contribution is 2.23. The van der Waals surface area contributed by atoms with E-state index in [4.69, 9.17) is 4.43 Å². The Kier molecular flexibility index (Phi) is 10.7. The Morgan fingerprint density at radius 2 is 1.11 bits per heavy atom. The highest BCUT2D eigenvalue weighted by molar-refractivity contribution is 6.84. The van der Waals surface area contributed by atoms with E-state index in [1.54, 1.807) is 0 Å². The van der Waals surface area contributed by atoms with Crippen molar-refractivity contribution >= 4 is 13.5 Å². The third-order valence-electron chi connectivity index (χ3n) is 5.11. The van der Waals surface area contributed by atoms with Crippen LogP contribution in [0.4, 0.5) is 22.0 Å². The molecule has 0 bridgehead atoms. The van der Waals surface area contributed by atoms with E-state index in [1.165, 1.54) is 45.2 Å². The van der Waals surface area contributed by atoms with Crippen molar-refractivity contribution in [2.75, 3.05) is 0 Å². The van der Waals surface area contributed by atoms with Gasteiger partial charge in [0, 0.05) is 11.3 Å². The molecule has 0 aromatic heterocycles. The quantitative estimate of drug-likeness (QED) is 0.108. The summed E-state index contributed by atoms with van der Waals surface area (Å²) in [5, 5.41) is -0.779. The normalized spacial score (nSPS) is 13.2. The molecule has 1 atom stereocenters. The second-order valence-corrected chi connectivity index (χ2v) is 11.6. The third kappa shape index (κ3) is 6.83. The summed E-state index contributed by atoms with van der Waals surface area (Å²) < 4.78 is 74.7. The zero-order chi connectivity index (χ0) is 21.3. The van der Waals surface area contributed by atoms with Crippen LogP contribution in [0.2, 0.25) is 13.1 Å². The molecule has 1 nitrogen and oxygen atoms in total. The minimum absolute atomic E-state index is 0.253. The van der Waals surface area contributed by atoms with Crippen LogP contribution in [0.5, 0.6) is 0 Å². The van der Waals surface area contributed by atoms with Gasteiger partial charge in [0.05, 0.1) is 0 Å². The van der Waals surface area contributed by atoms with Crippen LogP contribution in [0.15, 0.2) is 0 Å². The van der Waals surface area contributed by atoms with E-state index in [9.17, 15) is 22.0 Å². The summed E-state index contributed by atoms with van der Waals surface area (Å²) in [7, 11) is -3.33. The van der Waals surface area contributed by atoms with Crippen LogP contribution in [0.25, 0.3) is 0 Å². The van der Waals surface area contributed by atoms with Gasteiger partial charge in [0.1, 0.15) is 0 Å². The molecular formula is C21H33F5OSi. The molecule has 0 radical (unpaired) electrons. The summed E-state index contributed by atoms with van der Waals surface area (Å²) in [6, 6.07) is 0. The zero-order valence-electron chi connectivity index (χ0n) is 17.4. The second-order valence-electron chi connectivity index (χ2n) is 7.87. The Labute approximate surface area is 166 Å². The van der Waals surface area contributed by atoms with Gasteiger partial charge in [0.25, 0.3) is 0 Å². The lowest BCUT2D eigenvalue weighted by Gasteiger charge is -2.30. The first-order chi connectivity index (χ1) is 13.2. The molecule has 1 aromatic carbocycles. The maximum atomic E-state index is 14.2. The van der Waals surface area contributed by atoms with Crippen LogP contribution in [0.1, 0.15) is 78.1 Å². The van der Waals surface area contributed by atoms with E-state index in [0.29, 0.717) is 6.42 Å². The van der Waals surface area contributed by atoms with Gasteiger partial charge < -0.3 is 4.43 Å². The van der Waals surface area contributed by atoms with E-state index < -0.39 is 42.6 Å². The number of hydrogen-bond donors (Lipinski definition) is 0. The van der Waals surface area contributed by atoms with Gasteiger partial charge in [-0.05, 0) is 25.9 Å². The van der Waals surface area contributed by atoms with Gasteiger partial charge >= 0.3 is 0 Å². The molecular weight excluding hydrogens is 391 g/mol. The molecule has 0 N–H and O–H groups in total. The van der Waals surface area contributed by atoms with E-state index in [0.717, 1.165) is 25.7 Å². The fourth-order valence-corrected chi connectivity index (χ4v) is 5.97. The summed E-state index contributed by atoms with van der Waals surface area (Å²) in [5.41, 5.74) is 0. The van der Waals surface area contributed by atoms with Crippen LogP contribution < -0.4 is 5.19 Å². The predicted molar refractivity (Wildman–Crippen MR) is 106 cm³/mol. The van der Waals surface area contributed by atoms with Crippen LogP contribution in [-0.4, -0.2) is 14.4 Å². The molecule has 0 fully saturated rings. The number of rotatable bonds is 13. The van der Waals surface area contributed by atoms with Gasteiger partial charge in [-0.2, -0.15) is 0 Å². The standard InChI is InChI=1S/C21H33F5OSi/c1-5-7-8-9-10-11-12-13-14-15(6-2)27-28(3,4)21-19(25)17(23)16(22)18(24)20(21)26/h15H,5-14H2,1-4H3. The molecule has 0 amide bonds. The van der Waals surface area contributed by atoms with Crippen molar-refractivity contribution in [1.29, 1.82) is 0 Å². The molecule has 1 unspecified atom stereocenters. The second kappa shape index (κ2) is 11.9. The molecule has 7 heteroatoms. The average molecular weight is 425 g/mol. The van der Waals surface area contributed by atoms with Gasteiger partial charge in [-0.3, -0.25) is 0 Å². The molecule has 0 saturated carbocycles. The number of hydrogen-bond acceptors (Lipinski definition) is 1. The lowest BCUT2D eigenvalue weighted by atomic mass is 10.0. The number of benzene rings is 1. The smallest absolute Gasteiger partial charge is 0.225 e. The SMILES string of the molecule is CCCCCCCCCCC(CC)O[Si](C)(C)c1c(F)c(F)c(F)c(F)c1F. The topological polar surface area (TPSA) is 9.23 Å². The molecule has 0 aliphatic heterocycles. The first kappa shape index (κ1) is 25.1. The van der Waals surface area contributed by atoms with Crippen molar-refractivity contribution < 1.29 is 26.4 Å². The van der Waals surface area contributed by atoms with Gasteiger partial charge in [-0.15, -0.1) is 0 Å². The van der Waals surface area contributed by atoms with E-state index in [2.05, 4.69) is 6.92 Å². The molecule has 0 aliphatic carbocycles. The number of unbranched alkanes of at least 4 members (excludes halogenated alkanes) is 7. The highest BCUT2D eigenvalue weighted by Gasteiger charge is 2.39. The maximum Gasteiger partial charge on any atom is 0.225 e. The molecule has 1 aromatic rings. The Morgan fingerprint density at radius 3 is 1.57 bits per heavy atom. The van der Waals surface area contributed by atoms with Gasteiger partial charge in [-0.25, -0.2) is 22.0 Å². The monoisotopic (exact) mass is 424 g/mol. The van der Waals surface area contributed by atoms with Crippen LogP contribution >= 0.6 is 0 Å². The minimum atomic E-state index is -3.33. The first-order valence-corrected chi connectivity index (χ1v) is 13.3. The largest absolute Gasteiger partial charge is 0.410 e. The molecule has 0 spiro atoms. The van der Waals surface area contributed by atoms with Crippen molar-refractivity contribution in [2.24, 2.45) is 0 Å². The maximum absolute atomic E-state index is 14.2. The highest BCUT2D eigenvalue weighted by atomic mass is 28.4. The number of halogens is 5. The average Bonchev–Trinajstić information content (AvgIpc) is 2.65. The molecule has 162 valence electrons. The van der Waals surface area contributed by atoms with E-state index in [-0.39, 0.29) is 6.10 Å². The summed E-state index contributed by atoms with van der Waals surface area (Å²) in [5.74, 6) is -9.48. The minimum Gasteiger partial charge on any atom is -0.410 e. The Hall–Kier alpha value is -0.953. The van der Waals surface area contributed by atoms with E-state index >= 15 is 0 Å². The Morgan fingerprint density at radius 1 is 0.679 bits per heavy atom. The predicted octanol–water partition coefficient (Wildman–Crippen LogP) is 7.12. The van der Waals surface area contributed by atoms with Crippen molar-refractivity contribution in [3.63, 3.8) is 0 Å². The zero-order valence-corrected chi connectivity index (χ0v) is 18.4. The summed E-state index contributed by atoms with van der Waals surface area (Å²) in [4.78, 5) is 0. The lowest BCUT2D eigenvalue weighted by Crippen LogP contribution is -2.51. The third-order valence-corrected chi connectivity index (χ3v) is 7.67. The van der Waals surface area contributed by atoms with Crippen molar-refractivity contribution in [1.82, 2.24) is 0 Å². The summed E-state index contributed by atoms with van der Waals surface area (Å²) in [6.07, 6.45) is 10.4. The van der Waals surface area contributed by atoms with Crippen molar-refractivity contribution in [3.8, 4) is 0 Å².